The van der Waals surface area contributed by atoms with Crippen LogP contribution in [0.5, 0.6) is 0 Å². The maximum atomic E-state index is 9.11. The van der Waals surface area contributed by atoms with Gasteiger partial charge in [-0.3, -0.25) is 0 Å². The van der Waals surface area contributed by atoms with Gasteiger partial charge in [0.05, 0.1) is 10.0 Å². The first-order valence-corrected chi connectivity index (χ1v) is 8.17. The van der Waals surface area contributed by atoms with Gasteiger partial charge in [0.25, 0.3) is 0 Å². The van der Waals surface area contributed by atoms with E-state index < -0.39 is 0 Å². The zero-order valence-electron chi connectivity index (χ0n) is 12.3. The highest BCUT2D eigenvalue weighted by Crippen LogP contribution is 2.27. The van der Waals surface area contributed by atoms with Crippen LogP contribution >= 0.6 is 23.2 Å². The van der Waals surface area contributed by atoms with E-state index in [-0.39, 0.29) is 12.6 Å². The molecule has 2 unspecified atom stereocenters. The summed E-state index contributed by atoms with van der Waals surface area (Å²) in [5.74, 6) is 0.529. The van der Waals surface area contributed by atoms with Crippen LogP contribution in [0, 0.1) is 5.92 Å². The predicted octanol–water partition coefficient (Wildman–Crippen LogP) is 4.83. The van der Waals surface area contributed by atoms with Gasteiger partial charge in [0.15, 0.2) is 0 Å². The Bertz CT molecular complexity index is 392. The molecular weight excluding hydrogens is 293 g/mol. The second-order valence-electron chi connectivity index (χ2n) is 5.21. The molecule has 0 saturated carbocycles. The zero-order valence-corrected chi connectivity index (χ0v) is 13.8. The Morgan fingerprint density at radius 1 is 1.15 bits per heavy atom. The van der Waals surface area contributed by atoms with Gasteiger partial charge < -0.3 is 10.4 Å². The molecule has 1 aromatic rings. The van der Waals surface area contributed by atoms with Crippen LogP contribution in [0.4, 0.5) is 0 Å². The number of rotatable bonds is 9. The summed E-state index contributed by atoms with van der Waals surface area (Å²) in [6.07, 6.45) is 4.15. The molecule has 2 atom stereocenters. The van der Waals surface area contributed by atoms with E-state index in [1.165, 1.54) is 5.56 Å². The topological polar surface area (TPSA) is 32.3 Å². The van der Waals surface area contributed by atoms with Crippen molar-refractivity contribution in [3.8, 4) is 0 Å². The number of hydrogen-bond donors (Lipinski definition) is 2. The van der Waals surface area contributed by atoms with Crippen molar-refractivity contribution in [1.29, 1.82) is 0 Å². The molecule has 0 heterocycles. The number of aliphatic hydroxyl groups excluding tert-OH is 1. The summed E-state index contributed by atoms with van der Waals surface area (Å²) in [5, 5.41) is 13.9. The highest BCUT2D eigenvalue weighted by Gasteiger charge is 2.13. The Kier molecular flexibility index (Phi) is 8.55. The number of benzene rings is 1. The summed E-state index contributed by atoms with van der Waals surface area (Å²) in [5.41, 5.74) is 1.17. The van der Waals surface area contributed by atoms with Crippen molar-refractivity contribution >= 4 is 23.2 Å². The van der Waals surface area contributed by atoms with Gasteiger partial charge >= 0.3 is 0 Å². The molecule has 2 N–H and O–H groups in total. The normalized spacial score (nSPS) is 14.2. The van der Waals surface area contributed by atoms with Crippen molar-refractivity contribution in [3.63, 3.8) is 0 Å². The van der Waals surface area contributed by atoms with Crippen LogP contribution in [0.15, 0.2) is 18.2 Å². The minimum absolute atomic E-state index is 0.260. The first kappa shape index (κ1) is 17.8. The molecule has 0 aliphatic carbocycles. The molecule has 0 aliphatic heterocycles. The Hall–Kier alpha value is -0.280. The molecule has 1 rings (SSSR count). The molecule has 114 valence electrons. The van der Waals surface area contributed by atoms with E-state index in [9.17, 15) is 0 Å². The summed E-state index contributed by atoms with van der Waals surface area (Å²) in [6.45, 7) is 5.52. The van der Waals surface area contributed by atoms with Crippen LogP contribution in [-0.2, 0) is 0 Å². The Morgan fingerprint density at radius 2 is 1.90 bits per heavy atom. The second kappa shape index (κ2) is 9.62. The molecule has 20 heavy (non-hydrogen) atoms. The molecule has 0 aromatic heterocycles. The molecule has 0 amide bonds. The lowest BCUT2D eigenvalue weighted by Crippen LogP contribution is -2.27. The third-order valence-corrected chi connectivity index (χ3v) is 4.38. The summed E-state index contributed by atoms with van der Waals surface area (Å²) < 4.78 is 0. The van der Waals surface area contributed by atoms with Crippen LogP contribution in [0.3, 0.4) is 0 Å². The maximum Gasteiger partial charge on any atom is 0.0595 e. The first-order valence-electron chi connectivity index (χ1n) is 7.41. The molecule has 0 radical (unpaired) electrons. The van der Waals surface area contributed by atoms with E-state index in [4.69, 9.17) is 28.3 Å². The smallest absolute Gasteiger partial charge is 0.0595 e. The van der Waals surface area contributed by atoms with Crippen molar-refractivity contribution in [1.82, 2.24) is 5.32 Å². The van der Waals surface area contributed by atoms with Gasteiger partial charge in [0.2, 0.25) is 0 Å². The fraction of sp³-hybridized carbons (Fsp3) is 0.625. The number of aliphatic hydroxyl groups is 1. The van der Waals surface area contributed by atoms with Gasteiger partial charge in [0, 0.05) is 12.6 Å². The van der Waals surface area contributed by atoms with E-state index in [1.54, 1.807) is 0 Å². The highest BCUT2D eigenvalue weighted by atomic mass is 35.5. The molecule has 0 spiro atoms. The van der Waals surface area contributed by atoms with E-state index in [0.717, 1.165) is 32.2 Å². The molecule has 0 saturated heterocycles. The predicted molar refractivity (Wildman–Crippen MR) is 87.6 cm³/mol. The first-order chi connectivity index (χ1) is 9.62. The number of halogens is 2. The van der Waals surface area contributed by atoms with E-state index >= 15 is 0 Å². The van der Waals surface area contributed by atoms with Crippen LogP contribution < -0.4 is 5.32 Å². The van der Waals surface area contributed by atoms with Crippen LogP contribution in [0.25, 0.3) is 0 Å². The summed E-state index contributed by atoms with van der Waals surface area (Å²) >= 11 is 12.0. The molecular formula is C16H25Cl2NO. The largest absolute Gasteiger partial charge is 0.396 e. The van der Waals surface area contributed by atoms with Crippen molar-refractivity contribution in [3.05, 3.63) is 33.8 Å². The third-order valence-electron chi connectivity index (χ3n) is 3.64. The lowest BCUT2D eigenvalue weighted by Gasteiger charge is -2.22. The van der Waals surface area contributed by atoms with Gasteiger partial charge in [-0.1, -0.05) is 49.5 Å². The average Bonchev–Trinajstić information content (AvgIpc) is 2.43. The van der Waals surface area contributed by atoms with Gasteiger partial charge in [-0.2, -0.15) is 0 Å². The van der Waals surface area contributed by atoms with Crippen LogP contribution in [0.2, 0.25) is 10.0 Å². The minimum Gasteiger partial charge on any atom is -0.396 e. The standard InChI is InChI=1S/C16H25Cl2NO/c1-3-5-12(8-9-20)11-19-16(4-2)13-6-7-14(17)15(18)10-13/h6-7,10,12,16,19-20H,3-5,8-9,11H2,1-2H3. The molecule has 0 bridgehead atoms. The lowest BCUT2D eigenvalue weighted by atomic mass is 9.98. The van der Waals surface area contributed by atoms with E-state index in [0.29, 0.717) is 16.0 Å². The van der Waals surface area contributed by atoms with E-state index in [1.807, 2.05) is 18.2 Å². The average molecular weight is 318 g/mol. The number of hydrogen-bond acceptors (Lipinski definition) is 2. The molecule has 4 heteroatoms. The van der Waals surface area contributed by atoms with Gasteiger partial charge in [-0.25, -0.2) is 0 Å². The lowest BCUT2D eigenvalue weighted by molar-refractivity contribution is 0.244. The Morgan fingerprint density at radius 3 is 2.45 bits per heavy atom. The summed E-state index contributed by atoms with van der Waals surface area (Å²) in [7, 11) is 0. The van der Waals surface area contributed by atoms with Crippen molar-refractivity contribution in [2.24, 2.45) is 5.92 Å². The Balaban J connectivity index is 2.63. The Labute approximate surface area is 132 Å². The van der Waals surface area contributed by atoms with Gasteiger partial charge in [-0.15, -0.1) is 0 Å². The van der Waals surface area contributed by atoms with Crippen LogP contribution in [0.1, 0.15) is 51.1 Å². The minimum atomic E-state index is 0.260. The summed E-state index contributed by atoms with van der Waals surface area (Å²) in [4.78, 5) is 0. The fourth-order valence-corrected chi connectivity index (χ4v) is 2.78. The van der Waals surface area contributed by atoms with Gasteiger partial charge in [-0.05, 0) is 49.4 Å². The molecule has 0 fully saturated rings. The molecule has 2 nitrogen and oxygen atoms in total. The SMILES string of the molecule is CCCC(CCO)CNC(CC)c1ccc(Cl)c(Cl)c1. The second-order valence-corrected chi connectivity index (χ2v) is 6.02. The van der Waals surface area contributed by atoms with Gasteiger partial charge in [0.1, 0.15) is 0 Å². The maximum absolute atomic E-state index is 9.11. The monoisotopic (exact) mass is 317 g/mol. The zero-order chi connectivity index (χ0) is 15.0. The van der Waals surface area contributed by atoms with E-state index in [2.05, 4.69) is 19.2 Å². The quantitative estimate of drug-likeness (QED) is 0.683. The third kappa shape index (κ3) is 5.61. The van der Waals surface area contributed by atoms with Crippen molar-refractivity contribution in [2.75, 3.05) is 13.2 Å². The fourth-order valence-electron chi connectivity index (χ4n) is 2.48. The molecule has 1 aromatic carbocycles. The van der Waals surface area contributed by atoms with Crippen molar-refractivity contribution < 1.29 is 5.11 Å². The van der Waals surface area contributed by atoms with Crippen molar-refractivity contribution in [2.45, 2.75) is 45.6 Å². The molecule has 0 aliphatic rings. The number of nitrogens with one attached hydrogen (secondary N) is 1. The van der Waals surface area contributed by atoms with Crippen LogP contribution in [-0.4, -0.2) is 18.3 Å². The highest BCUT2D eigenvalue weighted by molar-refractivity contribution is 6.42. The summed E-state index contributed by atoms with van der Waals surface area (Å²) in [6, 6.07) is 6.09.